The van der Waals surface area contributed by atoms with Crippen LogP contribution >= 0.6 is 0 Å². The van der Waals surface area contributed by atoms with Crippen molar-refractivity contribution >= 4 is 11.6 Å². The van der Waals surface area contributed by atoms with Crippen LogP contribution in [0, 0.1) is 0 Å². The lowest BCUT2D eigenvalue weighted by Crippen LogP contribution is -2.06. The summed E-state index contributed by atoms with van der Waals surface area (Å²) in [6.07, 6.45) is 3.46. The van der Waals surface area contributed by atoms with E-state index in [4.69, 9.17) is 5.73 Å². The lowest BCUT2D eigenvalue weighted by Gasteiger charge is -2.10. The molecule has 0 saturated heterocycles. The third kappa shape index (κ3) is 2.09. The second-order valence-electron chi connectivity index (χ2n) is 4.26. The fourth-order valence-electron chi connectivity index (χ4n) is 2.19. The molecule has 0 unspecified atom stereocenters. The largest absolute Gasteiger partial charge is 0.330 e. The van der Waals surface area contributed by atoms with Gasteiger partial charge in [-0.25, -0.2) is 0 Å². The van der Waals surface area contributed by atoms with Gasteiger partial charge in [0.1, 0.15) is 0 Å². The van der Waals surface area contributed by atoms with E-state index in [9.17, 15) is 4.79 Å². The topological polar surface area (TPSA) is 55.1 Å². The first kappa shape index (κ1) is 11.1. The second kappa shape index (κ2) is 4.66. The molecule has 3 heteroatoms. The van der Waals surface area contributed by atoms with Gasteiger partial charge in [0.05, 0.1) is 6.42 Å². The highest BCUT2D eigenvalue weighted by Crippen LogP contribution is 2.29. The van der Waals surface area contributed by atoms with Gasteiger partial charge in [0.2, 0.25) is 5.91 Å². The molecule has 0 aliphatic carbocycles. The van der Waals surface area contributed by atoms with Crippen LogP contribution in [0.25, 0.3) is 0 Å². The average Bonchev–Trinajstić information content (AvgIpc) is 2.65. The fraction of sp³-hybridized carbons (Fsp3) is 0.462. The highest BCUT2D eigenvalue weighted by molar-refractivity contribution is 6.00. The number of carbonyl (C=O) groups is 1. The van der Waals surface area contributed by atoms with Gasteiger partial charge in [0.25, 0.3) is 0 Å². The average molecular weight is 218 g/mol. The minimum Gasteiger partial charge on any atom is -0.330 e. The van der Waals surface area contributed by atoms with E-state index in [2.05, 4.69) is 24.4 Å². The first-order chi connectivity index (χ1) is 7.74. The molecule has 1 aromatic carbocycles. The summed E-state index contributed by atoms with van der Waals surface area (Å²) in [6, 6.07) is 4.33. The molecule has 0 radical (unpaired) electrons. The zero-order valence-electron chi connectivity index (χ0n) is 9.68. The van der Waals surface area contributed by atoms with Crippen LogP contribution < -0.4 is 11.1 Å². The molecule has 0 bridgehead atoms. The monoisotopic (exact) mass is 218 g/mol. The Morgan fingerprint density at radius 1 is 1.44 bits per heavy atom. The minimum atomic E-state index is 0.109. The highest BCUT2D eigenvalue weighted by atomic mass is 16.1. The van der Waals surface area contributed by atoms with Crippen molar-refractivity contribution in [3.63, 3.8) is 0 Å². The number of hydrogen-bond donors (Lipinski definition) is 2. The molecule has 0 fully saturated rings. The van der Waals surface area contributed by atoms with E-state index in [0.717, 1.165) is 30.5 Å². The lowest BCUT2D eigenvalue weighted by molar-refractivity contribution is -0.115. The molecule has 3 nitrogen and oxygen atoms in total. The second-order valence-corrected chi connectivity index (χ2v) is 4.26. The van der Waals surface area contributed by atoms with Crippen molar-refractivity contribution < 1.29 is 4.79 Å². The molecule has 16 heavy (non-hydrogen) atoms. The Morgan fingerprint density at radius 2 is 2.25 bits per heavy atom. The van der Waals surface area contributed by atoms with Crippen molar-refractivity contribution in [1.82, 2.24) is 0 Å². The minimum absolute atomic E-state index is 0.109. The van der Waals surface area contributed by atoms with Crippen LogP contribution in [0.15, 0.2) is 12.1 Å². The third-order valence-corrected chi connectivity index (χ3v) is 3.04. The standard InChI is InChI=1S/C13H18N2O/c1-2-9-6-10(4-3-5-14)13-11(7-9)8-12(16)15-13/h6-7H,2-5,8,14H2,1H3,(H,15,16). The number of benzene rings is 1. The first-order valence-electron chi connectivity index (χ1n) is 5.89. The summed E-state index contributed by atoms with van der Waals surface area (Å²) in [5.74, 6) is 0.109. The zero-order chi connectivity index (χ0) is 11.5. The molecule has 2 rings (SSSR count). The predicted octanol–water partition coefficient (Wildman–Crippen LogP) is 1.63. The number of hydrogen-bond acceptors (Lipinski definition) is 2. The number of fused-ring (bicyclic) bond motifs is 1. The molecule has 3 N–H and O–H groups in total. The zero-order valence-corrected chi connectivity index (χ0v) is 9.68. The van der Waals surface area contributed by atoms with Crippen LogP contribution in [0.3, 0.4) is 0 Å². The van der Waals surface area contributed by atoms with E-state index in [1.807, 2.05) is 0 Å². The number of anilines is 1. The number of carbonyl (C=O) groups excluding carboxylic acids is 1. The molecule has 0 atom stereocenters. The highest BCUT2D eigenvalue weighted by Gasteiger charge is 2.20. The molecule has 0 aromatic heterocycles. The smallest absolute Gasteiger partial charge is 0.228 e. The predicted molar refractivity (Wildman–Crippen MR) is 65.5 cm³/mol. The summed E-state index contributed by atoms with van der Waals surface area (Å²) < 4.78 is 0. The van der Waals surface area contributed by atoms with Gasteiger partial charge in [0, 0.05) is 5.69 Å². The number of amides is 1. The normalized spacial score (nSPS) is 13.8. The SMILES string of the molecule is CCc1cc(CCCN)c2c(c1)CC(=O)N2. The Morgan fingerprint density at radius 3 is 2.94 bits per heavy atom. The van der Waals surface area contributed by atoms with Gasteiger partial charge in [-0.05, 0) is 42.5 Å². The molecule has 1 aliphatic rings. The fourth-order valence-corrected chi connectivity index (χ4v) is 2.19. The summed E-state index contributed by atoms with van der Waals surface area (Å²) >= 11 is 0. The van der Waals surface area contributed by atoms with E-state index < -0.39 is 0 Å². The molecule has 1 aromatic rings. The molecule has 0 saturated carbocycles. The maximum atomic E-state index is 11.4. The Balaban J connectivity index is 2.35. The van der Waals surface area contributed by atoms with Crippen molar-refractivity contribution in [2.45, 2.75) is 32.6 Å². The quantitative estimate of drug-likeness (QED) is 0.807. The van der Waals surface area contributed by atoms with Crippen LogP contribution in [0.5, 0.6) is 0 Å². The molecule has 1 heterocycles. The van der Waals surface area contributed by atoms with Gasteiger partial charge in [-0.1, -0.05) is 19.1 Å². The summed E-state index contributed by atoms with van der Waals surface area (Å²) in [6.45, 7) is 2.83. The van der Waals surface area contributed by atoms with E-state index >= 15 is 0 Å². The maximum Gasteiger partial charge on any atom is 0.228 e. The van der Waals surface area contributed by atoms with Gasteiger partial charge in [-0.3, -0.25) is 4.79 Å². The van der Waals surface area contributed by atoms with Crippen molar-refractivity contribution in [3.05, 3.63) is 28.8 Å². The number of rotatable bonds is 4. The Labute approximate surface area is 96.0 Å². The van der Waals surface area contributed by atoms with Gasteiger partial charge in [0.15, 0.2) is 0 Å². The molecule has 1 amide bonds. The molecular formula is C13H18N2O. The third-order valence-electron chi connectivity index (χ3n) is 3.04. The van der Waals surface area contributed by atoms with Crippen molar-refractivity contribution in [1.29, 1.82) is 0 Å². The van der Waals surface area contributed by atoms with E-state index in [-0.39, 0.29) is 5.91 Å². The summed E-state index contributed by atoms with van der Waals surface area (Å²) in [5.41, 5.74) is 10.3. The number of nitrogens with one attached hydrogen (secondary N) is 1. The van der Waals surface area contributed by atoms with Gasteiger partial charge in [-0.2, -0.15) is 0 Å². The maximum absolute atomic E-state index is 11.4. The number of nitrogens with two attached hydrogens (primary N) is 1. The van der Waals surface area contributed by atoms with Gasteiger partial charge in [-0.15, -0.1) is 0 Å². The van der Waals surface area contributed by atoms with Crippen LogP contribution in [0.1, 0.15) is 30.0 Å². The van der Waals surface area contributed by atoms with Crippen molar-refractivity contribution in [3.8, 4) is 0 Å². The summed E-state index contributed by atoms with van der Waals surface area (Å²) in [5, 5.41) is 2.95. The molecule has 1 aliphatic heterocycles. The van der Waals surface area contributed by atoms with E-state index in [0.29, 0.717) is 13.0 Å². The Kier molecular flexibility index (Phi) is 3.25. The summed E-state index contributed by atoms with van der Waals surface area (Å²) in [4.78, 5) is 11.4. The summed E-state index contributed by atoms with van der Waals surface area (Å²) in [7, 11) is 0. The van der Waals surface area contributed by atoms with Crippen molar-refractivity contribution in [2.75, 3.05) is 11.9 Å². The van der Waals surface area contributed by atoms with Crippen LogP contribution in [-0.2, 0) is 24.1 Å². The van der Waals surface area contributed by atoms with Gasteiger partial charge >= 0.3 is 0 Å². The van der Waals surface area contributed by atoms with E-state index in [1.54, 1.807) is 0 Å². The molecular weight excluding hydrogens is 200 g/mol. The number of aryl methyl sites for hydroxylation is 2. The molecule has 86 valence electrons. The van der Waals surface area contributed by atoms with Crippen LogP contribution in [-0.4, -0.2) is 12.5 Å². The molecule has 0 spiro atoms. The van der Waals surface area contributed by atoms with Gasteiger partial charge < -0.3 is 11.1 Å². The van der Waals surface area contributed by atoms with Crippen molar-refractivity contribution in [2.24, 2.45) is 5.73 Å². The first-order valence-corrected chi connectivity index (χ1v) is 5.89. The Bertz CT molecular complexity index is 413. The van der Waals surface area contributed by atoms with E-state index in [1.165, 1.54) is 11.1 Å². The lowest BCUT2D eigenvalue weighted by atomic mass is 9.98. The Hall–Kier alpha value is -1.35. The van der Waals surface area contributed by atoms with Crippen LogP contribution in [0.4, 0.5) is 5.69 Å². The van der Waals surface area contributed by atoms with Crippen LogP contribution in [0.2, 0.25) is 0 Å².